The molecule has 0 bridgehead atoms. The fourth-order valence-electron chi connectivity index (χ4n) is 2.22. The summed E-state index contributed by atoms with van der Waals surface area (Å²) < 4.78 is 0.548. The minimum absolute atomic E-state index is 0.104. The second-order valence-electron chi connectivity index (χ2n) is 4.71. The maximum absolute atomic E-state index is 11.9. The molecule has 5 nitrogen and oxygen atoms in total. The first-order chi connectivity index (χ1) is 10.2. The van der Waals surface area contributed by atoms with Crippen LogP contribution in [0, 0.1) is 0 Å². The molecule has 1 aromatic carbocycles. The number of benzene rings is 1. The molecular formula is C14H15ClN4OS. The molecular weight excluding hydrogens is 308 g/mol. The summed E-state index contributed by atoms with van der Waals surface area (Å²) in [4.78, 5) is 18.8. The predicted octanol–water partition coefficient (Wildman–Crippen LogP) is 2.34. The average molecular weight is 323 g/mol. The minimum Gasteiger partial charge on any atom is -0.380 e. The number of piperazine rings is 1. The van der Waals surface area contributed by atoms with Crippen molar-refractivity contribution in [1.29, 1.82) is 0 Å². The van der Waals surface area contributed by atoms with Gasteiger partial charge in [0.25, 0.3) is 0 Å². The third-order valence-electron chi connectivity index (χ3n) is 3.24. The number of amides is 1. The molecule has 7 heteroatoms. The highest BCUT2D eigenvalue weighted by molar-refractivity contribution is 7.15. The smallest absolute Gasteiger partial charge is 0.240 e. The molecule has 0 spiro atoms. The van der Waals surface area contributed by atoms with Crippen molar-refractivity contribution < 1.29 is 4.79 Å². The first kappa shape index (κ1) is 14.3. The molecule has 2 aromatic rings. The largest absolute Gasteiger partial charge is 0.380 e. The number of hydrogen-bond donors (Lipinski definition) is 2. The van der Waals surface area contributed by atoms with Crippen molar-refractivity contribution in [1.82, 2.24) is 10.3 Å². The number of nitrogens with one attached hydrogen (secondary N) is 2. The lowest BCUT2D eigenvalue weighted by atomic mass is 10.2. The van der Waals surface area contributed by atoms with E-state index in [2.05, 4.69) is 15.6 Å². The molecule has 1 amide bonds. The number of nitrogens with zero attached hydrogens (tertiary/aromatic N) is 2. The SMILES string of the molecule is O=C1CNCCN1c1cccc(NCc2cnc(Cl)s2)c1. The molecule has 0 unspecified atom stereocenters. The Bertz CT molecular complexity index is 645. The van der Waals surface area contributed by atoms with Gasteiger partial charge in [0.2, 0.25) is 5.91 Å². The monoisotopic (exact) mass is 322 g/mol. The fraction of sp³-hybridized carbons (Fsp3) is 0.286. The topological polar surface area (TPSA) is 57.3 Å². The predicted molar refractivity (Wildman–Crippen MR) is 86.1 cm³/mol. The highest BCUT2D eigenvalue weighted by Crippen LogP contribution is 2.22. The molecule has 1 aliphatic rings. The van der Waals surface area contributed by atoms with Crippen LogP contribution in [0.15, 0.2) is 30.5 Å². The lowest BCUT2D eigenvalue weighted by molar-refractivity contribution is -0.118. The summed E-state index contributed by atoms with van der Waals surface area (Å²) >= 11 is 7.27. The Balaban J connectivity index is 1.69. The molecule has 1 saturated heterocycles. The first-order valence-electron chi connectivity index (χ1n) is 6.67. The van der Waals surface area contributed by atoms with Crippen molar-refractivity contribution in [2.24, 2.45) is 0 Å². The van der Waals surface area contributed by atoms with E-state index in [1.54, 1.807) is 6.20 Å². The van der Waals surface area contributed by atoms with Gasteiger partial charge in [-0.15, -0.1) is 11.3 Å². The van der Waals surface area contributed by atoms with Crippen molar-refractivity contribution in [3.8, 4) is 0 Å². The third-order valence-corrected chi connectivity index (χ3v) is 4.35. The highest BCUT2D eigenvalue weighted by Gasteiger charge is 2.19. The molecule has 1 fully saturated rings. The molecule has 3 rings (SSSR count). The number of carbonyl (C=O) groups is 1. The van der Waals surface area contributed by atoms with Crippen molar-refractivity contribution in [3.63, 3.8) is 0 Å². The molecule has 21 heavy (non-hydrogen) atoms. The standard InChI is InChI=1S/C14H15ClN4OS/c15-14-18-8-12(21-14)7-17-10-2-1-3-11(6-10)19-5-4-16-9-13(19)20/h1-3,6,8,16-17H,4-5,7,9H2. The van der Waals surface area contributed by atoms with Crippen molar-refractivity contribution >= 4 is 40.2 Å². The molecule has 0 radical (unpaired) electrons. The van der Waals surface area contributed by atoms with Gasteiger partial charge >= 0.3 is 0 Å². The third kappa shape index (κ3) is 3.53. The summed E-state index contributed by atoms with van der Waals surface area (Å²) in [5, 5.41) is 6.40. The number of hydrogen-bond acceptors (Lipinski definition) is 5. The van der Waals surface area contributed by atoms with Crippen LogP contribution in [0.5, 0.6) is 0 Å². The summed E-state index contributed by atoms with van der Waals surface area (Å²) in [5.41, 5.74) is 1.90. The Kier molecular flexibility index (Phi) is 4.38. The Morgan fingerprint density at radius 1 is 1.48 bits per heavy atom. The van der Waals surface area contributed by atoms with Crippen LogP contribution >= 0.6 is 22.9 Å². The quantitative estimate of drug-likeness (QED) is 0.907. The first-order valence-corrected chi connectivity index (χ1v) is 7.87. The molecule has 2 N–H and O–H groups in total. The van der Waals surface area contributed by atoms with Gasteiger partial charge in [-0.2, -0.15) is 0 Å². The van der Waals surface area contributed by atoms with Crippen LogP contribution in [-0.4, -0.2) is 30.5 Å². The summed E-state index contributed by atoms with van der Waals surface area (Å²) in [6, 6.07) is 7.88. The van der Waals surface area contributed by atoms with Gasteiger partial charge in [0.15, 0.2) is 4.47 Å². The number of anilines is 2. The van der Waals surface area contributed by atoms with E-state index < -0.39 is 0 Å². The zero-order valence-corrected chi connectivity index (χ0v) is 12.9. The van der Waals surface area contributed by atoms with Crippen molar-refractivity contribution in [2.75, 3.05) is 29.9 Å². The van der Waals surface area contributed by atoms with E-state index in [-0.39, 0.29) is 5.91 Å². The molecule has 0 aliphatic carbocycles. The van der Waals surface area contributed by atoms with E-state index in [0.717, 1.165) is 22.8 Å². The van der Waals surface area contributed by atoms with Crippen LogP contribution in [0.4, 0.5) is 11.4 Å². The number of carbonyl (C=O) groups excluding carboxylic acids is 1. The fourth-order valence-corrected chi connectivity index (χ4v) is 3.14. The Morgan fingerprint density at radius 2 is 2.38 bits per heavy atom. The van der Waals surface area contributed by atoms with E-state index in [1.165, 1.54) is 11.3 Å². The van der Waals surface area contributed by atoms with Gasteiger partial charge in [-0.05, 0) is 18.2 Å². The molecule has 1 aliphatic heterocycles. The van der Waals surface area contributed by atoms with E-state index in [1.807, 2.05) is 29.2 Å². The van der Waals surface area contributed by atoms with Gasteiger partial charge in [-0.25, -0.2) is 4.98 Å². The zero-order chi connectivity index (χ0) is 14.7. The maximum Gasteiger partial charge on any atom is 0.240 e. The molecule has 1 aromatic heterocycles. The summed E-state index contributed by atoms with van der Waals surface area (Å²) in [6.07, 6.45) is 1.77. The van der Waals surface area contributed by atoms with E-state index in [4.69, 9.17) is 11.6 Å². The van der Waals surface area contributed by atoms with Gasteiger partial charge in [0.05, 0.1) is 13.1 Å². The van der Waals surface area contributed by atoms with Gasteiger partial charge < -0.3 is 15.5 Å². The number of thiazole rings is 1. The maximum atomic E-state index is 11.9. The van der Waals surface area contributed by atoms with Crippen LogP contribution in [0.3, 0.4) is 0 Å². The second-order valence-corrected chi connectivity index (χ2v) is 6.40. The van der Waals surface area contributed by atoms with E-state index in [9.17, 15) is 4.79 Å². The number of rotatable bonds is 4. The minimum atomic E-state index is 0.104. The molecule has 0 saturated carbocycles. The van der Waals surface area contributed by atoms with E-state index in [0.29, 0.717) is 24.1 Å². The Hall–Kier alpha value is -1.63. The van der Waals surface area contributed by atoms with Crippen molar-refractivity contribution in [2.45, 2.75) is 6.54 Å². The van der Waals surface area contributed by atoms with Crippen LogP contribution in [0.1, 0.15) is 4.88 Å². The summed E-state index contributed by atoms with van der Waals surface area (Å²) in [5.74, 6) is 0.104. The van der Waals surface area contributed by atoms with Gasteiger partial charge in [0.1, 0.15) is 0 Å². The average Bonchev–Trinajstić information content (AvgIpc) is 2.92. The van der Waals surface area contributed by atoms with Gasteiger partial charge in [-0.1, -0.05) is 17.7 Å². The van der Waals surface area contributed by atoms with Crippen LogP contribution in [-0.2, 0) is 11.3 Å². The molecule has 110 valence electrons. The molecule has 2 heterocycles. The van der Waals surface area contributed by atoms with Crippen LogP contribution in [0.2, 0.25) is 4.47 Å². The highest BCUT2D eigenvalue weighted by atomic mass is 35.5. The van der Waals surface area contributed by atoms with Gasteiger partial charge in [0, 0.05) is 35.5 Å². The van der Waals surface area contributed by atoms with E-state index >= 15 is 0 Å². The normalized spacial score (nSPS) is 15.3. The summed E-state index contributed by atoms with van der Waals surface area (Å²) in [6.45, 7) is 2.59. The van der Waals surface area contributed by atoms with Crippen LogP contribution < -0.4 is 15.5 Å². The van der Waals surface area contributed by atoms with Gasteiger partial charge in [-0.3, -0.25) is 4.79 Å². The Morgan fingerprint density at radius 3 is 3.14 bits per heavy atom. The van der Waals surface area contributed by atoms with Crippen LogP contribution in [0.25, 0.3) is 0 Å². The lowest BCUT2D eigenvalue weighted by Crippen LogP contribution is -2.48. The number of halogens is 1. The lowest BCUT2D eigenvalue weighted by Gasteiger charge is -2.27. The molecule has 0 atom stereocenters. The second kappa shape index (κ2) is 6.43. The summed E-state index contributed by atoms with van der Waals surface area (Å²) in [7, 11) is 0. The zero-order valence-electron chi connectivity index (χ0n) is 11.3. The number of aromatic nitrogens is 1. The van der Waals surface area contributed by atoms with Crippen molar-refractivity contribution in [3.05, 3.63) is 39.8 Å². The Labute approximate surface area is 131 Å².